The first-order valence-corrected chi connectivity index (χ1v) is 8.09. The zero-order chi connectivity index (χ0) is 19.9. The molecular weight excluding hydrogens is 363 g/mol. The van der Waals surface area contributed by atoms with Crippen LogP contribution in [0.5, 0.6) is 0 Å². The number of thiocarbonyl (C=S) groups is 1. The zero-order valence-electron chi connectivity index (χ0n) is 14.4. The Bertz CT molecular complexity index is 765. The van der Waals surface area contributed by atoms with Gasteiger partial charge in [-0.2, -0.15) is 0 Å². The molecule has 0 aromatic heterocycles. The molecule has 0 aliphatic carbocycles. The van der Waals surface area contributed by atoms with Crippen molar-refractivity contribution in [2.24, 2.45) is 11.5 Å². The lowest BCUT2D eigenvalue weighted by Crippen LogP contribution is -2.30. The SMILES string of the molecule is CC(N)=CC(=S)C#Cc1ccc(F)c([C@H](C)C[C@H](OC(=N)N)C(F)F)c1. The van der Waals surface area contributed by atoms with Crippen molar-refractivity contribution in [3.8, 4) is 11.8 Å². The van der Waals surface area contributed by atoms with Crippen LogP contribution in [-0.4, -0.2) is 23.4 Å². The van der Waals surface area contributed by atoms with E-state index in [0.29, 0.717) is 16.1 Å². The molecule has 4 nitrogen and oxygen atoms in total. The average Bonchev–Trinajstić information content (AvgIpc) is 2.52. The summed E-state index contributed by atoms with van der Waals surface area (Å²) in [6.07, 6.45) is -3.13. The molecule has 1 aromatic carbocycles. The molecule has 0 bridgehead atoms. The van der Waals surface area contributed by atoms with E-state index in [9.17, 15) is 13.2 Å². The van der Waals surface area contributed by atoms with Crippen LogP contribution in [0, 0.1) is 23.1 Å². The maximum atomic E-state index is 14.1. The summed E-state index contributed by atoms with van der Waals surface area (Å²) in [5.41, 5.74) is 11.7. The summed E-state index contributed by atoms with van der Waals surface area (Å²) < 4.78 is 44.7. The highest BCUT2D eigenvalue weighted by Gasteiger charge is 2.27. The van der Waals surface area contributed by atoms with Gasteiger partial charge >= 0.3 is 0 Å². The Balaban J connectivity index is 3.02. The van der Waals surface area contributed by atoms with Crippen molar-refractivity contribution >= 4 is 23.1 Å². The highest BCUT2D eigenvalue weighted by atomic mass is 32.1. The van der Waals surface area contributed by atoms with E-state index in [2.05, 4.69) is 16.6 Å². The molecule has 8 heteroatoms. The molecule has 0 saturated carbocycles. The van der Waals surface area contributed by atoms with Crippen LogP contribution < -0.4 is 11.5 Å². The lowest BCUT2D eigenvalue weighted by Gasteiger charge is -2.21. The maximum Gasteiger partial charge on any atom is 0.279 e. The summed E-state index contributed by atoms with van der Waals surface area (Å²) in [4.78, 5) is 0.330. The van der Waals surface area contributed by atoms with Gasteiger partial charge in [-0.3, -0.25) is 5.41 Å². The van der Waals surface area contributed by atoms with Gasteiger partial charge in [0.1, 0.15) is 5.82 Å². The predicted molar refractivity (Wildman–Crippen MR) is 99.6 cm³/mol. The van der Waals surface area contributed by atoms with E-state index in [1.165, 1.54) is 24.3 Å². The van der Waals surface area contributed by atoms with Crippen molar-refractivity contribution < 1.29 is 17.9 Å². The summed E-state index contributed by atoms with van der Waals surface area (Å²) in [5.74, 6) is 4.36. The molecule has 1 rings (SSSR count). The van der Waals surface area contributed by atoms with Gasteiger partial charge in [0, 0.05) is 11.3 Å². The molecule has 0 saturated heterocycles. The fraction of sp³-hybridized carbons (Fsp3) is 0.333. The standard InChI is InChI=1S/C18H20F3N3OS/c1-10(7-16(17(20)21)25-18(23)24)14-9-12(4-6-15(14)19)3-5-13(26)8-11(2)22/h4,6,8-10,16-17H,7,22H2,1-2H3,(H3,23,24)/t10-,16+/m1/s1. The first kappa shape index (κ1) is 21.5. The molecule has 140 valence electrons. The minimum atomic E-state index is -2.85. The second-order valence-electron chi connectivity index (χ2n) is 5.73. The Hall–Kier alpha value is -2.53. The minimum Gasteiger partial charge on any atom is -0.456 e. The molecule has 26 heavy (non-hydrogen) atoms. The fourth-order valence-corrected chi connectivity index (χ4v) is 2.45. The number of rotatable bonds is 6. The molecule has 0 amide bonds. The van der Waals surface area contributed by atoms with Crippen LogP contribution in [0.15, 0.2) is 30.0 Å². The Morgan fingerprint density at radius 2 is 2.04 bits per heavy atom. The number of benzene rings is 1. The van der Waals surface area contributed by atoms with Crippen LogP contribution in [0.2, 0.25) is 0 Å². The molecule has 0 aliphatic rings. The third-order valence-electron chi connectivity index (χ3n) is 3.36. The van der Waals surface area contributed by atoms with Crippen molar-refractivity contribution in [1.82, 2.24) is 0 Å². The predicted octanol–water partition coefficient (Wildman–Crippen LogP) is 3.45. The van der Waals surface area contributed by atoms with Gasteiger partial charge < -0.3 is 16.2 Å². The normalized spacial score (nSPS) is 13.5. The van der Waals surface area contributed by atoms with Crippen LogP contribution >= 0.6 is 12.2 Å². The van der Waals surface area contributed by atoms with E-state index in [1.807, 2.05) is 0 Å². The summed E-state index contributed by atoms with van der Waals surface area (Å²) >= 11 is 5.03. The highest BCUT2D eigenvalue weighted by Crippen LogP contribution is 2.27. The molecule has 0 unspecified atom stereocenters. The molecule has 2 atom stereocenters. The monoisotopic (exact) mass is 383 g/mol. The second kappa shape index (κ2) is 9.82. The largest absolute Gasteiger partial charge is 0.456 e. The van der Waals surface area contributed by atoms with Crippen molar-refractivity contribution in [3.05, 3.63) is 46.9 Å². The lowest BCUT2D eigenvalue weighted by atomic mass is 9.93. The van der Waals surface area contributed by atoms with Gasteiger partial charge in [0.15, 0.2) is 6.10 Å². The Kier molecular flexibility index (Phi) is 8.13. The second-order valence-corrected chi connectivity index (χ2v) is 6.17. The van der Waals surface area contributed by atoms with Crippen molar-refractivity contribution in [1.29, 1.82) is 5.41 Å². The topological polar surface area (TPSA) is 85.1 Å². The van der Waals surface area contributed by atoms with Gasteiger partial charge in [0.2, 0.25) is 0 Å². The fourth-order valence-electron chi connectivity index (χ4n) is 2.22. The van der Waals surface area contributed by atoms with Gasteiger partial charge in [0.05, 0.1) is 4.86 Å². The number of hydrogen-bond donors (Lipinski definition) is 3. The Morgan fingerprint density at radius 1 is 1.38 bits per heavy atom. The van der Waals surface area contributed by atoms with E-state index < -0.39 is 30.3 Å². The Morgan fingerprint density at radius 3 is 2.58 bits per heavy atom. The van der Waals surface area contributed by atoms with Gasteiger partial charge in [-0.1, -0.05) is 25.1 Å². The number of amidine groups is 1. The van der Waals surface area contributed by atoms with Gasteiger partial charge in [-0.15, -0.1) is 0 Å². The third kappa shape index (κ3) is 7.15. The van der Waals surface area contributed by atoms with Crippen molar-refractivity contribution in [2.75, 3.05) is 0 Å². The molecule has 0 heterocycles. The van der Waals surface area contributed by atoms with E-state index >= 15 is 0 Å². The number of hydrogen-bond acceptors (Lipinski definition) is 4. The van der Waals surface area contributed by atoms with E-state index in [-0.39, 0.29) is 12.0 Å². The number of halogens is 3. The number of nitrogens with two attached hydrogens (primary N) is 2. The summed E-state index contributed by atoms with van der Waals surface area (Å²) in [7, 11) is 0. The van der Waals surface area contributed by atoms with E-state index in [4.69, 9.17) is 29.1 Å². The summed E-state index contributed by atoms with van der Waals surface area (Å²) in [5, 5.41) is 6.99. The van der Waals surface area contributed by atoms with Gasteiger partial charge in [0.25, 0.3) is 12.4 Å². The van der Waals surface area contributed by atoms with Crippen LogP contribution in [-0.2, 0) is 4.74 Å². The van der Waals surface area contributed by atoms with Gasteiger partial charge in [-0.05, 0) is 55.0 Å². The Labute approximate surface area is 155 Å². The smallest absolute Gasteiger partial charge is 0.279 e. The maximum absolute atomic E-state index is 14.1. The molecule has 5 N–H and O–H groups in total. The number of ether oxygens (including phenoxy) is 1. The van der Waals surface area contributed by atoms with Crippen LogP contribution in [0.3, 0.4) is 0 Å². The van der Waals surface area contributed by atoms with Crippen LogP contribution in [0.1, 0.15) is 37.3 Å². The van der Waals surface area contributed by atoms with Crippen LogP contribution in [0.4, 0.5) is 13.2 Å². The first-order chi connectivity index (χ1) is 12.1. The zero-order valence-corrected chi connectivity index (χ0v) is 15.2. The van der Waals surface area contributed by atoms with Crippen molar-refractivity contribution in [3.63, 3.8) is 0 Å². The summed E-state index contributed by atoms with van der Waals surface area (Å²) in [6.45, 7) is 3.26. The van der Waals surface area contributed by atoms with E-state index in [0.717, 1.165) is 0 Å². The minimum absolute atomic E-state index is 0.210. The van der Waals surface area contributed by atoms with Crippen LogP contribution in [0.25, 0.3) is 0 Å². The quantitative estimate of drug-likeness (QED) is 0.231. The number of nitrogens with one attached hydrogen (secondary N) is 1. The number of alkyl halides is 2. The van der Waals surface area contributed by atoms with E-state index in [1.54, 1.807) is 13.8 Å². The van der Waals surface area contributed by atoms with Gasteiger partial charge in [-0.25, -0.2) is 13.2 Å². The highest BCUT2D eigenvalue weighted by molar-refractivity contribution is 7.81. The molecule has 0 spiro atoms. The van der Waals surface area contributed by atoms with Crippen molar-refractivity contribution in [2.45, 2.75) is 38.7 Å². The molecule has 0 radical (unpaired) electrons. The molecule has 0 aliphatic heterocycles. The number of allylic oxidation sites excluding steroid dienone is 2. The third-order valence-corrected chi connectivity index (χ3v) is 3.58. The molecular formula is C18H20F3N3OS. The lowest BCUT2D eigenvalue weighted by molar-refractivity contribution is -0.00484. The first-order valence-electron chi connectivity index (χ1n) is 7.68. The summed E-state index contributed by atoms with van der Waals surface area (Å²) in [6, 6.07) is 3.35. The molecule has 0 fully saturated rings. The molecule has 1 aromatic rings. The average molecular weight is 383 g/mol.